The van der Waals surface area contributed by atoms with Gasteiger partial charge < -0.3 is 24.8 Å². The van der Waals surface area contributed by atoms with E-state index in [2.05, 4.69) is 23.2 Å². The molecule has 1 spiro atoms. The Morgan fingerprint density at radius 3 is 2.57 bits per heavy atom. The third-order valence-corrected chi connectivity index (χ3v) is 8.69. The zero-order valence-electron chi connectivity index (χ0n) is 22.0. The lowest BCUT2D eigenvalue weighted by Crippen LogP contribution is -2.75. The number of piperidine rings is 1. The Morgan fingerprint density at radius 1 is 1.11 bits per heavy atom. The van der Waals surface area contributed by atoms with E-state index in [0.29, 0.717) is 45.7 Å². The number of aliphatic hydroxyl groups is 1. The lowest BCUT2D eigenvalue weighted by molar-refractivity contribution is -0.166. The number of aliphatic hydroxyl groups excluding tert-OH is 1. The number of halogens is 1. The van der Waals surface area contributed by atoms with Crippen LogP contribution in [0.25, 0.3) is 0 Å². The van der Waals surface area contributed by atoms with E-state index in [1.54, 1.807) is 0 Å². The fourth-order valence-electron chi connectivity index (χ4n) is 6.54. The summed E-state index contributed by atoms with van der Waals surface area (Å²) in [6.45, 7) is 5.92. The summed E-state index contributed by atoms with van der Waals surface area (Å²) in [4.78, 5) is 31.6. The van der Waals surface area contributed by atoms with E-state index in [0.717, 1.165) is 62.1 Å². The van der Waals surface area contributed by atoms with Crippen molar-refractivity contribution in [2.75, 3.05) is 32.8 Å². The number of hydrogen-bond donors (Lipinski definition) is 2. The number of hydrogen-bond acceptors (Lipinski definition) is 6. The first-order valence-corrected chi connectivity index (χ1v) is 13.9. The van der Waals surface area contributed by atoms with Crippen LogP contribution in [0.4, 0.5) is 0 Å². The average Bonchev–Trinajstić information content (AvgIpc) is 2.92. The minimum Gasteiger partial charge on any atom is -0.486 e. The third kappa shape index (κ3) is 5.57. The van der Waals surface area contributed by atoms with Crippen LogP contribution in [0, 0.1) is 5.92 Å². The first-order chi connectivity index (χ1) is 17.5. The lowest BCUT2D eigenvalue weighted by Gasteiger charge is -2.52. The van der Waals surface area contributed by atoms with Crippen molar-refractivity contribution in [1.29, 1.82) is 0 Å². The van der Waals surface area contributed by atoms with Gasteiger partial charge in [-0.25, -0.2) is 0 Å². The van der Waals surface area contributed by atoms with E-state index < -0.39 is 17.7 Å². The van der Waals surface area contributed by atoms with Crippen LogP contribution in [0.2, 0.25) is 0 Å². The summed E-state index contributed by atoms with van der Waals surface area (Å²) >= 11 is 0. The summed E-state index contributed by atoms with van der Waals surface area (Å²) in [6.07, 6.45) is 7.36. The van der Waals surface area contributed by atoms with Crippen molar-refractivity contribution in [3.05, 3.63) is 23.8 Å². The second kappa shape index (κ2) is 12.2. The Balaban J connectivity index is 0.00000320. The minimum atomic E-state index is -0.832. The van der Waals surface area contributed by atoms with Crippen LogP contribution in [0.3, 0.4) is 0 Å². The molecule has 0 aromatic heterocycles. The number of unbranched alkanes of at least 4 members (excludes halogenated alkanes) is 1. The van der Waals surface area contributed by atoms with Crippen molar-refractivity contribution in [3.63, 3.8) is 0 Å². The van der Waals surface area contributed by atoms with Gasteiger partial charge in [0.2, 0.25) is 11.8 Å². The van der Waals surface area contributed by atoms with E-state index in [1.165, 1.54) is 6.42 Å². The quantitative estimate of drug-likeness (QED) is 0.557. The van der Waals surface area contributed by atoms with Gasteiger partial charge in [0, 0.05) is 31.7 Å². The summed E-state index contributed by atoms with van der Waals surface area (Å²) in [6, 6.07) is 5.17. The molecule has 9 heteroatoms. The molecule has 4 aliphatic rings. The molecule has 2 N–H and O–H groups in total. The molecule has 8 nitrogen and oxygen atoms in total. The number of likely N-dealkylation sites (tertiary alicyclic amines) is 1. The molecular weight excluding hydrogens is 494 g/mol. The molecule has 1 aliphatic carbocycles. The smallest absolute Gasteiger partial charge is 0.248 e. The number of piperazine rings is 1. The SMILES string of the molecule is CCCCN1C(=O)[C@@H]([C@H](O)C2CCCCC2)NC(=O)C12CCN(Cc1cccc3c1OCCO3)CC2.Cl. The summed E-state index contributed by atoms with van der Waals surface area (Å²) in [5.41, 5.74) is 0.257. The fourth-order valence-corrected chi connectivity index (χ4v) is 6.54. The number of amides is 2. The predicted octanol–water partition coefficient (Wildman–Crippen LogP) is 3.28. The van der Waals surface area contributed by atoms with Crippen LogP contribution in [-0.4, -0.2) is 77.3 Å². The largest absolute Gasteiger partial charge is 0.486 e. The highest BCUT2D eigenvalue weighted by atomic mass is 35.5. The van der Waals surface area contributed by atoms with Crippen molar-refractivity contribution < 1.29 is 24.2 Å². The molecule has 5 rings (SSSR count). The monoisotopic (exact) mass is 535 g/mol. The first kappa shape index (κ1) is 28.0. The fraction of sp³-hybridized carbons (Fsp3) is 0.714. The van der Waals surface area contributed by atoms with Crippen LogP contribution in [0.5, 0.6) is 11.5 Å². The van der Waals surface area contributed by atoms with Gasteiger partial charge in [0.25, 0.3) is 0 Å². The zero-order valence-corrected chi connectivity index (χ0v) is 22.8. The normalized spacial score (nSPS) is 24.9. The van der Waals surface area contributed by atoms with Crippen molar-refractivity contribution in [1.82, 2.24) is 15.1 Å². The topological polar surface area (TPSA) is 91.3 Å². The molecule has 3 heterocycles. The maximum atomic E-state index is 13.8. The van der Waals surface area contributed by atoms with Gasteiger partial charge in [-0.1, -0.05) is 44.7 Å². The molecule has 3 fully saturated rings. The van der Waals surface area contributed by atoms with Gasteiger partial charge in [0.05, 0.1) is 6.10 Å². The van der Waals surface area contributed by atoms with Gasteiger partial charge in [-0.3, -0.25) is 14.5 Å². The first-order valence-electron chi connectivity index (χ1n) is 13.9. The molecule has 2 amide bonds. The molecule has 0 radical (unpaired) electrons. The molecule has 206 valence electrons. The van der Waals surface area contributed by atoms with Gasteiger partial charge in [-0.15, -0.1) is 12.4 Å². The van der Waals surface area contributed by atoms with Gasteiger partial charge in [0.15, 0.2) is 11.5 Å². The molecule has 1 aromatic rings. The van der Waals surface area contributed by atoms with Gasteiger partial charge in [-0.2, -0.15) is 0 Å². The minimum absolute atomic E-state index is 0. The van der Waals surface area contributed by atoms with E-state index in [4.69, 9.17) is 9.47 Å². The van der Waals surface area contributed by atoms with Crippen molar-refractivity contribution >= 4 is 24.2 Å². The van der Waals surface area contributed by atoms with E-state index in [-0.39, 0.29) is 30.1 Å². The van der Waals surface area contributed by atoms with E-state index in [9.17, 15) is 14.7 Å². The Kier molecular flexibility index (Phi) is 9.24. The molecule has 0 bridgehead atoms. The molecule has 2 atom stereocenters. The number of nitrogens with one attached hydrogen (secondary N) is 1. The number of ether oxygens (including phenoxy) is 2. The second-order valence-corrected chi connectivity index (χ2v) is 10.9. The lowest BCUT2D eigenvalue weighted by atomic mass is 9.78. The Bertz CT molecular complexity index is 946. The Labute approximate surface area is 226 Å². The van der Waals surface area contributed by atoms with Crippen LogP contribution < -0.4 is 14.8 Å². The van der Waals surface area contributed by atoms with Crippen LogP contribution >= 0.6 is 12.4 Å². The number of para-hydroxylation sites is 1. The molecule has 2 saturated heterocycles. The van der Waals surface area contributed by atoms with Gasteiger partial charge >= 0.3 is 0 Å². The average molecular weight is 536 g/mol. The highest BCUT2D eigenvalue weighted by Gasteiger charge is 2.55. The second-order valence-electron chi connectivity index (χ2n) is 10.9. The maximum Gasteiger partial charge on any atom is 0.248 e. The standard InChI is InChI=1S/C28H41N3O5.ClH/c1-2-3-14-31-26(33)23(24(32)20-8-5-4-6-9-20)29-27(34)28(31)12-15-30(16-13-28)19-21-10-7-11-22-25(21)36-18-17-35-22;/h7,10-11,20,23-24,32H,2-6,8-9,12-19H2,1H3,(H,29,34);1H/t23-,24-;/m1./s1. The summed E-state index contributed by atoms with van der Waals surface area (Å²) in [5, 5.41) is 14.1. The maximum absolute atomic E-state index is 13.8. The van der Waals surface area contributed by atoms with Gasteiger partial charge in [-0.05, 0) is 44.1 Å². The molecule has 1 saturated carbocycles. The highest BCUT2D eigenvalue weighted by Crippen LogP contribution is 2.38. The van der Waals surface area contributed by atoms with E-state index >= 15 is 0 Å². The third-order valence-electron chi connectivity index (χ3n) is 8.69. The summed E-state index contributed by atoms with van der Waals surface area (Å²) in [7, 11) is 0. The molecule has 3 aliphatic heterocycles. The van der Waals surface area contributed by atoms with E-state index in [1.807, 2.05) is 17.0 Å². The number of carbonyl (C=O) groups is 2. The van der Waals surface area contributed by atoms with Crippen molar-refractivity contribution in [3.8, 4) is 11.5 Å². The molecule has 37 heavy (non-hydrogen) atoms. The number of benzene rings is 1. The highest BCUT2D eigenvalue weighted by molar-refractivity contribution is 6.00. The van der Waals surface area contributed by atoms with Crippen molar-refractivity contribution in [2.24, 2.45) is 5.92 Å². The Morgan fingerprint density at radius 2 is 1.84 bits per heavy atom. The van der Waals surface area contributed by atoms with Gasteiger partial charge in [0.1, 0.15) is 24.8 Å². The predicted molar refractivity (Wildman–Crippen MR) is 143 cm³/mol. The number of carbonyl (C=O) groups excluding carboxylic acids is 2. The van der Waals surface area contributed by atoms with Crippen molar-refractivity contribution in [2.45, 2.75) is 88.9 Å². The summed E-state index contributed by atoms with van der Waals surface area (Å²) in [5.74, 6) is 1.50. The number of fused-ring (bicyclic) bond motifs is 1. The summed E-state index contributed by atoms with van der Waals surface area (Å²) < 4.78 is 11.6. The zero-order chi connectivity index (χ0) is 25.1. The van der Waals surface area contributed by atoms with Crippen LogP contribution in [0.15, 0.2) is 18.2 Å². The molecule has 0 unspecified atom stereocenters. The van der Waals surface area contributed by atoms with Crippen LogP contribution in [0.1, 0.15) is 70.3 Å². The molecular formula is C28H42ClN3O5. The Hall–Kier alpha value is -2.03. The molecule has 1 aromatic carbocycles. The van der Waals surface area contributed by atoms with Crippen LogP contribution in [-0.2, 0) is 16.1 Å². The number of nitrogens with zero attached hydrogens (tertiary/aromatic N) is 2. The number of rotatable bonds is 7.